The molecule has 1 rings (SSSR count). The molecule has 0 radical (unpaired) electrons. The SMILES string of the molecule is C=C(NC(C(=C)C)C(C)C)c1ccccc1. The van der Waals surface area contributed by atoms with Crippen molar-refractivity contribution in [1.82, 2.24) is 5.32 Å². The van der Waals surface area contributed by atoms with Gasteiger partial charge in [-0.15, -0.1) is 0 Å². The third-order valence-electron chi connectivity index (χ3n) is 2.65. The molecule has 1 aromatic carbocycles. The Morgan fingerprint density at radius 2 is 1.69 bits per heavy atom. The molecule has 1 aromatic rings. The number of hydrogen-bond acceptors (Lipinski definition) is 1. The minimum absolute atomic E-state index is 0.285. The Bertz CT molecular complexity index is 362. The summed E-state index contributed by atoms with van der Waals surface area (Å²) in [5, 5.41) is 3.44. The molecule has 0 spiro atoms. The smallest absolute Gasteiger partial charge is 0.0491 e. The van der Waals surface area contributed by atoms with E-state index in [4.69, 9.17) is 0 Å². The van der Waals surface area contributed by atoms with Crippen LogP contribution in [-0.2, 0) is 0 Å². The van der Waals surface area contributed by atoms with Crippen molar-refractivity contribution in [2.24, 2.45) is 5.92 Å². The highest BCUT2D eigenvalue weighted by molar-refractivity contribution is 5.62. The summed E-state index contributed by atoms with van der Waals surface area (Å²) in [4.78, 5) is 0. The van der Waals surface area contributed by atoms with Crippen molar-refractivity contribution >= 4 is 5.70 Å². The minimum atomic E-state index is 0.285. The van der Waals surface area contributed by atoms with Crippen LogP contribution in [0.2, 0.25) is 0 Å². The van der Waals surface area contributed by atoms with Crippen molar-refractivity contribution in [2.75, 3.05) is 0 Å². The van der Waals surface area contributed by atoms with Crippen molar-refractivity contribution < 1.29 is 0 Å². The van der Waals surface area contributed by atoms with E-state index in [9.17, 15) is 0 Å². The molecule has 0 bridgehead atoms. The molecule has 16 heavy (non-hydrogen) atoms. The summed E-state index contributed by atoms with van der Waals surface area (Å²) < 4.78 is 0. The Morgan fingerprint density at radius 1 is 1.12 bits per heavy atom. The van der Waals surface area contributed by atoms with Gasteiger partial charge >= 0.3 is 0 Å². The van der Waals surface area contributed by atoms with E-state index in [2.05, 4.69) is 51.4 Å². The molecule has 0 aromatic heterocycles. The molecule has 0 amide bonds. The number of rotatable bonds is 5. The lowest BCUT2D eigenvalue weighted by Gasteiger charge is -2.25. The quantitative estimate of drug-likeness (QED) is 0.736. The van der Waals surface area contributed by atoms with E-state index in [0.717, 1.165) is 16.8 Å². The Balaban J connectivity index is 2.74. The fraction of sp³-hybridized carbons (Fsp3) is 0.333. The van der Waals surface area contributed by atoms with Crippen LogP contribution < -0.4 is 5.32 Å². The lowest BCUT2D eigenvalue weighted by atomic mass is 9.97. The van der Waals surface area contributed by atoms with Crippen LogP contribution in [-0.4, -0.2) is 6.04 Å². The van der Waals surface area contributed by atoms with E-state index in [-0.39, 0.29) is 6.04 Å². The molecular formula is C15H21N. The number of hydrogen-bond donors (Lipinski definition) is 1. The largest absolute Gasteiger partial charge is 0.378 e. The summed E-state index contributed by atoms with van der Waals surface area (Å²) >= 11 is 0. The molecule has 1 N–H and O–H groups in total. The molecule has 1 unspecified atom stereocenters. The summed E-state index contributed by atoms with van der Waals surface area (Å²) in [5.74, 6) is 0.512. The Labute approximate surface area is 98.9 Å². The zero-order chi connectivity index (χ0) is 12.1. The van der Waals surface area contributed by atoms with Gasteiger partial charge in [-0.1, -0.05) is 62.9 Å². The first-order valence-electron chi connectivity index (χ1n) is 5.68. The van der Waals surface area contributed by atoms with Gasteiger partial charge in [-0.05, 0) is 18.4 Å². The zero-order valence-corrected chi connectivity index (χ0v) is 10.5. The maximum atomic E-state index is 4.08. The predicted molar refractivity (Wildman–Crippen MR) is 72.1 cm³/mol. The molecule has 0 aliphatic heterocycles. The van der Waals surface area contributed by atoms with Crippen LogP contribution in [0.5, 0.6) is 0 Å². The van der Waals surface area contributed by atoms with Gasteiger partial charge in [0.05, 0.1) is 0 Å². The second-order valence-electron chi connectivity index (χ2n) is 4.56. The third kappa shape index (κ3) is 3.27. The average Bonchev–Trinajstić information content (AvgIpc) is 2.25. The molecule has 0 aliphatic carbocycles. The fourth-order valence-corrected chi connectivity index (χ4v) is 1.77. The normalized spacial score (nSPS) is 12.2. The van der Waals surface area contributed by atoms with E-state index >= 15 is 0 Å². The first-order chi connectivity index (χ1) is 7.52. The van der Waals surface area contributed by atoms with Gasteiger partial charge in [-0.25, -0.2) is 0 Å². The van der Waals surface area contributed by atoms with Crippen LogP contribution in [0.25, 0.3) is 5.70 Å². The van der Waals surface area contributed by atoms with Crippen molar-refractivity contribution in [3.05, 3.63) is 54.6 Å². The van der Waals surface area contributed by atoms with E-state index in [1.54, 1.807) is 0 Å². The molecule has 0 saturated heterocycles. The molecule has 0 heterocycles. The van der Waals surface area contributed by atoms with Gasteiger partial charge in [0.15, 0.2) is 0 Å². The number of nitrogens with one attached hydrogen (secondary N) is 1. The highest BCUT2D eigenvalue weighted by Crippen LogP contribution is 2.16. The summed E-state index contributed by atoms with van der Waals surface area (Å²) in [6, 6.07) is 10.5. The molecule has 0 aliphatic rings. The van der Waals surface area contributed by atoms with Gasteiger partial charge in [-0.3, -0.25) is 0 Å². The van der Waals surface area contributed by atoms with Gasteiger partial charge in [0.1, 0.15) is 0 Å². The Hall–Kier alpha value is -1.50. The van der Waals surface area contributed by atoms with Gasteiger partial charge in [0.2, 0.25) is 0 Å². The van der Waals surface area contributed by atoms with E-state index < -0.39 is 0 Å². The minimum Gasteiger partial charge on any atom is -0.378 e. The van der Waals surface area contributed by atoms with Crippen molar-refractivity contribution in [2.45, 2.75) is 26.8 Å². The molecule has 0 saturated carbocycles. The van der Waals surface area contributed by atoms with Crippen LogP contribution in [0.3, 0.4) is 0 Å². The molecule has 0 fully saturated rings. The van der Waals surface area contributed by atoms with Crippen LogP contribution in [0.1, 0.15) is 26.3 Å². The highest BCUT2D eigenvalue weighted by Gasteiger charge is 2.14. The monoisotopic (exact) mass is 215 g/mol. The van der Waals surface area contributed by atoms with E-state index in [1.165, 1.54) is 0 Å². The average molecular weight is 215 g/mol. The molecule has 86 valence electrons. The molecule has 1 atom stereocenters. The molecule has 1 heteroatoms. The van der Waals surface area contributed by atoms with E-state index in [1.807, 2.05) is 18.2 Å². The van der Waals surface area contributed by atoms with E-state index in [0.29, 0.717) is 5.92 Å². The van der Waals surface area contributed by atoms with Crippen LogP contribution in [0, 0.1) is 5.92 Å². The maximum absolute atomic E-state index is 4.08. The molecular weight excluding hydrogens is 194 g/mol. The Morgan fingerprint density at radius 3 is 2.12 bits per heavy atom. The van der Waals surface area contributed by atoms with Gasteiger partial charge in [0.25, 0.3) is 0 Å². The van der Waals surface area contributed by atoms with Crippen LogP contribution in [0.4, 0.5) is 0 Å². The van der Waals surface area contributed by atoms with Gasteiger partial charge in [0, 0.05) is 11.7 Å². The fourth-order valence-electron chi connectivity index (χ4n) is 1.77. The van der Waals surface area contributed by atoms with Crippen molar-refractivity contribution in [1.29, 1.82) is 0 Å². The summed E-state index contributed by atoms with van der Waals surface area (Å²) in [7, 11) is 0. The van der Waals surface area contributed by atoms with Gasteiger partial charge < -0.3 is 5.32 Å². The van der Waals surface area contributed by atoms with Crippen LogP contribution in [0.15, 0.2) is 49.1 Å². The van der Waals surface area contributed by atoms with Crippen molar-refractivity contribution in [3.8, 4) is 0 Å². The van der Waals surface area contributed by atoms with Crippen LogP contribution >= 0.6 is 0 Å². The standard InChI is InChI=1S/C15H21N/c1-11(2)15(12(3)4)16-13(5)14-9-7-6-8-10-14/h6-10,12,15-16H,1,5H2,2-4H3. The lowest BCUT2D eigenvalue weighted by molar-refractivity contribution is 0.502. The number of benzene rings is 1. The Kier molecular flexibility index (Phi) is 4.36. The topological polar surface area (TPSA) is 12.0 Å². The predicted octanol–water partition coefficient (Wildman–Crippen LogP) is 3.85. The summed E-state index contributed by atoms with van der Waals surface area (Å²) in [6.07, 6.45) is 0. The second kappa shape index (κ2) is 5.55. The maximum Gasteiger partial charge on any atom is 0.0491 e. The molecule has 1 nitrogen and oxygen atoms in total. The first kappa shape index (κ1) is 12.6. The summed E-state index contributed by atoms with van der Waals surface area (Å²) in [5.41, 5.74) is 3.24. The first-order valence-corrected chi connectivity index (χ1v) is 5.68. The lowest BCUT2D eigenvalue weighted by Crippen LogP contribution is -2.33. The third-order valence-corrected chi connectivity index (χ3v) is 2.65. The summed E-state index contributed by atoms with van der Waals surface area (Å²) in [6.45, 7) is 14.5. The zero-order valence-electron chi connectivity index (χ0n) is 10.5. The van der Waals surface area contributed by atoms with Crippen molar-refractivity contribution in [3.63, 3.8) is 0 Å². The highest BCUT2D eigenvalue weighted by atomic mass is 14.9. The second-order valence-corrected chi connectivity index (χ2v) is 4.56. The van der Waals surface area contributed by atoms with Gasteiger partial charge in [-0.2, -0.15) is 0 Å².